The van der Waals surface area contributed by atoms with Crippen LogP contribution in [-0.4, -0.2) is 19.8 Å². The molecular weight excluding hydrogens is 1560 g/mol. The quantitative estimate of drug-likeness (QED) is 0.0358. The molecule has 0 aliphatic rings. The Labute approximate surface area is 787 Å². The molecule has 3 atom stereocenters. The molecule has 0 saturated carbocycles. The van der Waals surface area contributed by atoms with Crippen molar-refractivity contribution in [1.29, 1.82) is 0 Å². The molecule has 0 heterocycles. The normalized spacial score (nSPS) is 15.1. The molecule has 6 rings (SSSR count). The summed E-state index contributed by atoms with van der Waals surface area (Å²) >= 11 is 0. The van der Waals surface area contributed by atoms with Gasteiger partial charge >= 0.3 is 8.60 Å². The van der Waals surface area contributed by atoms with Crippen LogP contribution in [0.15, 0.2) is 129 Å². The minimum absolute atomic E-state index is 0.0307. The maximum Gasteiger partial charge on any atom is 0.332 e. The highest BCUT2D eigenvalue weighted by atomic mass is 31.2. The van der Waals surface area contributed by atoms with Crippen molar-refractivity contribution >= 4 is 25.3 Å². The second-order valence-electron chi connectivity index (χ2n) is 54.4. The van der Waals surface area contributed by atoms with E-state index in [9.17, 15) is 0 Å². The van der Waals surface area contributed by atoms with Crippen LogP contribution in [0.25, 0.3) is 16.7 Å². The summed E-state index contributed by atoms with van der Waals surface area (Å²) in [6.07, 6.45) is 23.4. The summed E-state index contributed by atoms with van der Waals surface area (Å²) in [6, 6.07) is 45.4. The minimum atomic E-state index is -2.14. The Balaban J connectivity index is 1.86. The molecule has 0 radical (unpaired) electrons. The number of rotatable bonds is 42. The zero-order chi connectivity index (χ0) is 96.1. The van der Waals surface area contributed by atoms with E-state index in [0.29, 0.717) is 19.8 Å². The molecule has 0 aromatic heterocycles. The molecule has 0 aliphatic heterocycles. The lowest BCUT2D eigenvalue weighted by Gasteiger charge is -2.41. The molecule has 127 heavy (non-hydrogen) atoms. The zero-order valence-corrected chi connectivity index (χ0v) is 91.2. The Morgan fingerprint density at radius 3 is 0.630 bits per heavy atom. The first-order valence-corrected chi connectivity index (χ1v) is 51.5. The van der Waals surface area contributed by atoms with Gasteiger partial charge in [-0.05, 0) is 297 Å². The van der Waals surface area contributed by atoms with Gasteiger partial charge in [0.05, 0.1) is 19.8 Å². The molecule has 6 aromatic rings. The third-order valence-electron chi connectivity index (χ3n) is 26.1. The number of benzene rings is 6. The third kappa shape index (κ3) is 36.3. The van der Waals surface area contributed by atoms with Crippen LogP contribution in [0.3, 0.4) is 0 Å². The van der Waals surface area contributed by atoms with Crippen molar-refractivity contribution in [3.05, 3.63) is 229 Å². The van der Waals surface area contributed by atoms with Crippen molar-refractivity contribution in [2.45, 2.75) is 440 Å². The van der Waals surface area contributed by atoms with Crippen LogP contribution < -0.4 is 0 Å². The van der Waals surface area contributed by atoms with Gasteiger partial charge in [-0.25, -0.2) is 0 Å². The van der Waals surface area contributed by atoms with E-state index in [-0.39, 0.29) is 65.0 Å². The van der Waals surface area contributed by atoms with E-state index in [0.717, 1.165) is 154 Å². The SMILES string of the molecule is C=C(c1ccc(C(CCCC)(CCc2ccc(CC(C)(C)C)cc2CC(C)(C)C)COP(OCC(CCCC)(CCc2ccc(CC(C)(C)C)cc2CC(C)(C)C)c2ccc(C(=C)C(C)(C)C)cc2CC(C)(C)C)OCC(CCCC)(CCc2ccc(CC(C)(C)C)cc2CC(C)(C)C)c2ccc(C(=C)C(C)(C)C)cc2CC(C)(C)C)c(CC(C)(C)C)c1)C(C)(C)C. The molecule has 0 bridgehead atoms. The number of aryl methyl sites for hydroxylation is 3. The van der Waals surface area contributed by atoms with E-state index in [1.165, 1.54) is 117 Å². The molecule has 0 spiro atoms. The first kappa shape index (κ1) is 111. The third-order valence-corrected chi connectivity index (χ3v) is 27.1. The summed E-state index contributed by atoms with van der Waals surface area (Å²) in [5, 5.41) is 0. The van der Waals surface area contributed by atoms with E-state index < -0.39 is 24.8 Å². The second kappa shape index (κ2) is 43.9. The molecule has 0 N–H and O–H groups in total. The Morgan fingerprint density at radius 1 is 0.236 bits per heavy atom. The molecule has 710 valence electrons. The summed E-state index contributed by atoms with van der Waals surface area (Å²) in [4.78, 5) is 0. The zero-order valence-electron chi connectivity index (χ0n) is 90.3. The van der Waals surface area contributed by atoms with Gasteiger partial charge in [-0.3, -0.25) is 0 Å². The molecule has 3 nitrogen and oxygen atoms in total. The standard InChI is InChI=1S/C123H195O3P/c1-43-46-64-121(106-58-55-97(88(4)118(34,35)36)73-103(106)82-115(25,26)27,67-61-94-52-49-91(76-109(7,8)9)70-100(94)79-112(16,17)18)85-124-127(125-86-122(65-47-44-2,107-59-56-98(89(5)119(37,38)39)74-104(107)83-116(28,29)30)68-62-95-53-50-92(77-110(10,11)12)71-101(95)80-113(19,20)21)126-87-123(66-48-45-3,108-60-57-99(90(6)120(40,41)42)75-105(108)84-117(31,32)33)69-63-96-54-51-93(78-111(13,14)15)72-102(96)81-114(22,23)24/h49-60,70-75H,4-6,43-48,61-69,76-87H2,1-3,7-42H3. The van der Waals surface area contributed by atoms with Crippen LogP contribution in [0.4, 0.5) is 0 Å². The van der Waals surface area contributed by atoms with Crippen LogP contribution in [0, 0.1) is 65.0 Å². The van der Waals surface area contributed by atoms with Gasteiger partial charge in [-0.2, -0.15) is 0 Å². The van der Waals surface area contributed by atoms with Crippen molar-refractivity contribution in [2.75, 3.05) is 19.8 Å². The average molecular weight is 1750 g/mol. The fourth-order valence-electron chi connectivity index (χ4n) is 19.6. The Morgan fingerprint density at radius 2 is 0.441 bits per heavy atom. The second-order valence-corrected chi connectivity index (χ2v) is 55.7. The van der Waals surface area contributed by atoms with Crippen molar-refractivity contribution in [3.63, 3.8) is 0 Å². The van der Waals surface area contributed by atoms with E-state index >= 15 is 0 Å². The lowest BCUT2D eigenvalue weighted by Crippen LogP contribution is -2.37. The monoisotopic (exact) mass is 1750 g/mol. The number of hydrogen-bond donors (Lipinski definition) is 0. The van der Waals surface area contributed by atoms with Gasteiger partial charge in [-0.1, -0.05) is 437 Å². The van der Waals surface area contributed by atoms with E-state index in [1.54, 1.807) is 0 Å². The largest absolute Gasteiger partial charge is 0.332 e. The maximum absolute atomic E-state index is 8.48. The van der Waals surface area contributed by atoms with Crippen LogP contribution in [0.5, 0.6) is 0 Å². The number of hydrogen-bond acceptors (Lipinski definition) is 3. The summed E-state index contributed by atoms with van der Waals surface area (Å²) in [7, 11) is -2.14. The van der Waals surface area contributed by atoms with Crippen molar-refractivity contribution in [3.8, 4) is 0 Å². The van der Waals surface area contributed by atoms with E-state index in [4.69, 9.17) is 33.3 Å². The fraction of sp³-hybridized carbons (Fsp3) is 0.659. The molecular formula is C123H195O3P. The first-order valence-electron chi connectivity index (χ1n) is 50.4. The van der Waals surface area contributed by atoms with Crippen LogP contribution in [0.2, 0.25) is 0 Å². The summed E-state index contributed by atoms with van der Waals surface area (Å²) in [5.74, 6) is 0. The number of allylic oxidation sites excluding steroid dienone is 3. The highest BCUT2D eigenvalue weighted by Crippen LogP contribution is 2.54. The van der Waals surface area contributed by atoms with Gasteiger partial charge in [0.25, 0.3) is 0 Å². The van der Waals surface area contributed by atoms with Crippen LogP contribution in [0.1, 0.15) is 447 Å². The first-order chi connectivity index (χ1) is 57.9. The summed E-state index contributed by atoms with van der Waals surface area (Å²) in [6.45, 7) is 109. The Hall–Kier alpha value is -5.15. The van der Waals surface area contributed by atoms with Crippen molar-refractivity contribution in [2.24, 2.45) is 65.0 Å². The molecule has 3 unspecified atom stereocenters. The van der Waals surface area contributed by atoms with Crippen molar-refractivity contribution < 1.29 is 13.6 Å². The van der Waals surface area contributed by atoms with Gasteiger partial charge in [-0.15, -0.1) is 0 Å². The van der Waals surface area contributed by atoms with Gasteiger partial charge in [0.15, 0.2) is 0 Å². The van der Waals surface area contributed by atoms with E-state index in [2.05, 4.69) is 379 Å². The molecule has 4 heteroatoms. The minimum Gasteiger partial charge on any atom is -0.311 e. The van der Waals surface area contributed by atoms with Gasteiger partial charge in [0.1, 0.15) is 0 Å². The smallest absolute Gasteiger partial charge is 0.311 e. The maximum atomic E-state index is 8.48. The predicted molar refractivity (Wildman–Crippen MR) is 566 cm³/mol. The number of unbranched alkanes of at least 4 members (excludes halogenated alkanes) is 3. The lowest BCUT2D eigenvalue weighted by atomic mass is 9.68. The Kier molecular flexibility index (Phi) is 38.2. The molecule has 6 aromatic carbocycles. The van der Waals surface area contributed by atoms with Gasteiger partial charge in [0, 0.05) is 16.2 Å². The van der Waals surface area contributed by atoms with E-state index in [1.807, 2.05) is 0 Å². The Bertz CT molecular complexity index is 4070. The summed E-state index contributed by atoms with van der Waals surface area (Å²) < 4.78 is 25.4. The molecule has 0 fully saturated rings. The highest BCUT2D eigenvalue weighted by molar-refractivity contribution is 7.41. The molecule has 0 saturated heterocycles. The van der Waals surface area contributed by atoms with Crippen molar-refractivity contribution in [1.82, 2.24) is 0 Å². The summed E-state index contributed by atoms with van der Waals surface area (Å²) in [5.41, 5.74) is 27.5. The van der Waals surface area contributed by atoms with Gasteiger partial charge < -0.3 is 13.6 Å². The lowest BCUT2D eigenvalue weighted by molar-refractivity contribution is 0.0830. The van der Waals surface area contributed by atoms with Crippen LogP contribution in [-0.2, 0) is 107 Å². The average Bonchev–Trinajstić information content (AvgIpc) is 0.772. The van der Waals surface area contributed by atoms with Gasteiger partial charge in [0.2, 0.25) is 0 Å². The predicted octanol–water partition coefficient (Wildman–Crippen LogP) is 37.0. The van der Waals surface area contributed by atoms with Crippen LogP contribution >= 0.6 is 8.60 Å². The highest BCUT2D eigenvalue weighted by Gasteiger charge is 2.44. The molecule has 0 aliphatic carbocycles. The molecule has 0 amide bonds. The fourth-order valence-corrected chi connectivity index (χ4v) is 20.9. The topological polar surface area (TPSA) is 27.7 Å².